The zero-order chi connectivity index (χ0) is 17.3. The third-order valence-corrected chi connectivity index (χ3v) is 2.48. The number of nitrogens with zero attached hydrogens (tertiary/aromatic N) is 1. The second-order valence-corrected chi connectivity index (χ2v) is 4.18. The summed E-state index contributed by atoms with van der Waals surface area (Å²) in [7, 11) is 0. The Morgan fingerprint density at radius 3 is 2.61 bits per heavy atom. The van der Waals surface area contributed by atoms with Gasteiger partial charge in [-0.2, -0.15) is 0 Å². The fourth-order valence-corrected chi connectivity index (χ4v) is 1.52. The maximum Gasteiger partial charge on any atom is 0.255 e. The fourth-order valence-electron chi connectivity index (χ4n) is 1.52. The van der Waals surface area contributed by atoms with E-state index >= 15 is 0 Å². The molecule has 0 heterocycles. The van der Waals surface area contributed by atoms with Gasteiger partial charge in [0.2, 0.25) is 0 Å². The number of allylic oxidation sites excluding steroid dienone is 3. The molecule has 1 unspecified atom stereocenters. The largest absolute Gasteiger partial charge is 0.516 e. The van der Waals surface area contributed by atoms with Gasteiger partial charge in [0.1, 0.15) is 5.75 Å². The van der Waals surface area contributed by atoms with Crippen LogP contribution in [0.3, 0.4) is 0 Å². The van der Waals surface area contributed by atoms with Crippen LogP contribution in [0, 0.1) is 11.3 Å². The molecule has 0 aliphatic carbocycles. The smallest absolute Gasteiger partial charge is 0.255 e. The lowest BCUT2D eigenvalue weighted by atomic mass is 10.1. The third kappa shape index (κ3) is 10.8. The van der Waals surface area contributed by atoms with E-state index in [1.807, 2.05) is 51.1 Å². The van der Waals surface area contributed by atoms with E-state index in [9.17, 15) is 0 Å². The van der Waals surface area contributed by atoms with Gasteiger partial charge >= 0.3 is 0 Å². The molecule has 126 valence electrons. The van der Waals surface area contributed by atoms with Crippen LogP contribution in [0.2, 0.25) is 0 Å². The summed E-state index contributed by atoms with van der Waals surface area (Å²) in [5.41, 5.74) is 0. The minimum absolute atomic E-state index is 0.0150. The van der Waals surface area contributed by atoms with Crippen LogP contribution in [0.1, 0.15) is 27.2 Å². The molecular weight excluding hydrogens is 292 g/mol. The average molecular weight is 318 g/mol. The van der Waals surface area contributed by atoms with Crippen LogP contribution in [-0.2, 0) is 4.84 Å². The summed E-state index contributed by atoms with van der Waals surface area (Å²) in [4.78, 5) is 4.93. The first-order chi connectivity index (χ1) is 11.3. The molecule has 0 bridgehead atoms. The Labute approximate surface area is 138 Å². The predicted octanol–water partition coefficient (Wildman–Crippen LogP) is 4.73. The fraction of sp³-hybridized carbons (Fsp3) is 0.333. The summed E-state index contributed by atoms with van der Waals surface area (Å²) in [6.07, 6.45) is 8.64. The van der Waals surface area contributed by atoms with Gasteiger partial charge in [0.25, 0.3) is 5.90 Å². The molecule has 5 nitrogen and oxygen atoms in total. The number of hydrogen-bond donors (Lipinski definition) is 2. The number of oxime groups is 1. The SMILES string of the molecule is C/C=C\C(/C=N/OC(=N)COc1ccccc1)C/C=C/O.CC. The van der Waals surface area contributed by atoms with Crippen molar-refractivity contribution in [3.63, 3.8) is 0 Å². The molecule has 0 radical (unpaired) electrons. The highest BCUT2D eigenvalue weighted by molar-refractivity contribution is 5.75. The van der Waals surface area contributed by atoms with Crippen molar-refractivity contribution in [3.8, 4) is 5.75 Å². The second-order valence-electron chi connectivity index (χ2n) is 4.18. The molecule has 1 aromatic rings. The summed E-state index contributed by atoms with van der Waals surface area (Å²) < 4.78 is 5.36. The van der Waals surface area contributed by atoms with Crippen molar-refractivity contribution in [1.82, 2.24) is 0 Å². The molecule has 1 atom stereocenters. The summed E-state index contributed by atoms with van der Waals surface area (Å²) in [6, 6.07) is 9.21. The topological polar surface area (TPSA) is 74.9 Å². The standard InChI is InChI=1S/C16H20N2O3.C2H6/c1-2-7-14(8-6-11-19)12-18-21-16(17)13-20-15-9-4-3-5-10-15;1-2/h2-7,9-12,14,17,19H,8,13H2,1H3;1-2H3/b7-2-,11-6+,17-16?,18-12+;. The maximum absolute atomic E-state index is 8.64. The lowest BCUT2D eigenvalue weighted by Gasteiger charge is -2.06. The van der Waals surface area contributed by atoms with Crippen LogP contribution < -0.4 is 4.74 Å². The molecule has 0 saturated carbocycles. The first-order valence-corrected chi connectivity index (χ1v) is 7.64. The number of benzene rings is 1. The summed E-state index contributed by atoms with van der Waals surface area (Å²) in [6.45, 7) is 5.92. The molecule has 23 heavy (non-hydrogen) atoms. The second kappa shape index (κ2) is 14.4. The molecule has 1 rings (SSSR count). The van der Waals surface area contributed by atoms with Crippen LogP contribution in [0.5, 0.6) is 5.75 Å². The van der Waals surface area contributed by atoms with Gasteiger partial charge in [-0.3, -0.25) is 5.41 Å². The van der Waals surface area contributed by atoms with Gasteiger partial charge in [-0.05, 0) is 31.6 Å². The zero-order valence-corrected chi connectivity index (χ0v) is 14.0. The summed E-state index contributed by atoms with van der Waals surface area (Å²) in [5.74, 6) is 0.614. The molecule has 0 saturated heterocycles. The van der Waals surface area contributed by atoms with E-state index in [0.717, 1.165) is 6.26 Å². The highest BCUT2D eigenvalue weighted by atomic mass is 16.6. The highest BCUT2D eigenvalue weighted by Gasteiger charge is 2.01. The quantitative estimate of drug-likeness (QED) is 0.239. The lowest BCUT2D eigenvalue weighted by molar-refractivity contribution is 0.272. The van der Waals surface area contributed by atoms with Crippen molar-refractivity contribution in [3.05, 3.63) is 54.8 Å². The van der Waals surface area contributed by atoms with Crippen LogP contribution in [0.25, 0.3) is 0 Å². The van der Waals surface area contributed by atoms with E-state index in [1.165, 1.54) is 0 Å². The average Bonchev–Trinajstić information content (AvgIpc) is 2.60. The van der Waals surface area contributed by atoms with Gasteiger partial charge in [0.05, 0.1) is 12.5 Å². The van der Waals surface area contributed by atoms with Crippen molar-refractivity contribution in [2.75, 3.05) is 6.61 Å². The van der Waals surface area contributed by atoms with Crippen LogP contribution >= 0.6 is 0 Å². The molecule has 0 fully saturated rings. The third-order valence-electron chi connectivity index (χ3n) is 2.48. The van der Waals surface area contributed by atoms with Crippen molar-refractivity contribution in [1.29, 1.82) is 5.41 Å². The minimum Gasteiger partial charge on any atom is -0.516 e. The van der Waals surface area contributed by atoms with Crippen molar-refractivity contribution >= 4 is 12.1 Å². The number of aliphatic hydroxyl groups is 1. The lowest BCUT2D eigenvalue weighted by Crippen LogP contribution is -2.12. The van der Waals surface area contributed by atoms with Gasteiger partial charge in [-0.15, -0.1) is 0 Å². The molecule has 0 aliphatic rings. The zero-order valence-electron chi connectivity index (χ0n) is 14.0. The number of para-hydroxylation sites is 1. The highest BCUT2D eigenvalue weighted by Crippen LogP contribution is 2.08. The first kappa shape index (κ1) is 20.4. The van der Waals surface area contributed by atoms with Gasteiger partial charge in [0, 0.05) is 5.92 Å². The van der Waals surface area contributed by atoms with Crippen molar-refractivity contribution in [2.45, 2.75) is 27.2 Å². The first-order valence-electron chi connectivity index (χ1n) is 7.64. The molecule has 2 N–H and O–H groups in total. The number of hydrogen-bond acceptors (Lipinski definition) is 5. The van der Waals surface area contributed by atoms with Crippen molar-refractivity contribution < 1.29 is 14.7 Å². The number of nitrogens with one attached hydrogen (secondary N) is 1. The Kier molecular flexibility index (Phi) is 12.8. The molecule has 5 heteroatoms. The molecule has 0 aromatic heterocycles. The Hall–Kier alpha value is -2.56. The number of ether oxygens (including phenoxy) is 1. The predicted molar refractivity (Wildman–Crippen MR) is 95.3 cm³/mol. The molecule has 0 aliphatic heterocycles. The maximum atomic E-state index is 8.64. The summed E-state index contributed by atoms with van der Waals surface area (Å²) >= 11 is 0. The molecule has 1 aromatic carbocycles. The molecule has 0 spiro atoms. The van der Waals surface area contributed by atoms with E-state index in [-0.39, 0.29) is 18.4 Å². The summed E-state index contributed by atoms with van der Waals surface area (Å²) in [5, 5.41) is 20.0. The Morgan fingerprint density at radius 2 is 2.00 bits per heavy atom. The number of rotatable bonds is 8. The minimum atomic E-state index is -0.0768. The van der Waals surface area contributed by atoms with E-state index < -0.39 is 0 Å². The van der Waals surface area contributed by atoms with Crippen LogP contribution in [0.15, 0.2) is 60.0 Å². The Morgan fingerprint density at radius 1 is 1.30 bits per heavy atom. The van der Waals surface area contributed by atoms with E-state index in [0.29, 0.717) is 12.2 Å². The Balaban J connectivity index is 0.00000232. The van der Waals surface area contributed by atoms with Gasteiger partial charge in [-0.25, -0.2) is 0 Å². The van der Waals surface area contributed by atoms with E-state index in [2.05, 4.69) is 5.16 Å². The van der Waals surface area contributed by atoms with Gasteiger partial charge < -0.3 is 14.7 Å². The van der Waals surface area contributed by atoms with Gasteiger partial charge in [0.15, 0.2) is 6.61 Å². The van der Waals surface area contributed by atoms with E-state index in [4.69, 9.17) is 20.1 Å². The Bertz CT molecular complexity index is 496. The van der Waals surface area contributed by atoms with Crippen LogP contribution in [-0.4, -0.2) is 23.8 Å². The van der Waals surface area contributed by atoms with Crippen LogP contribution in [0.4, 0.5) is 0 Å². The van der Waals surface area contributed by atoms with E-state index in [1.54, 1.807) is 24.4 Å². The monoisotopic (exact) mass is 318 g/mol. The van der Waals surface area contributed by atoms with Gasteiger partial charge in [-0.1, -0.05) is 49.4 Å². The normalized spacial score (nSPS) is 12.1. The molecule has 0 amide bonds. The number of aliphatic hydroxyl groups excluding tert-OH is 1. The molecular formula is C18H26N2O3. The van der Waals surface area contributed by atoms with Crippen molar-refractivity contribution in [2.24, 2.45) is 11.1 Å².